The van der Waals surface area contributed by atoms with E-state index in [1.807, 2.05) is 0 Å². The highest BCUT2D eigenvalue weighted by Gasteiger charge is 2.16. The highest BCUT2D eigenvalue weighted by molar-refractivity contribution is 6.29. The molecule has 0 aliphatic heterocycles. The predicted octanol–water partition coefficient (Wildman–Crippen LogP) is 2.81. The second kappa shape index (κ2) is 5.45. The first-order valence-electron chi connectivity index (χ1n) is 6.04. The van der Waals surface area contributed by atoms with Gasteiger partial charge in [0.15, 0.2) is 10.6 Å². The highest BCUT2D eigenvalue weighted by atomic mass is 35.5. The van der Waals surface area contributed by atoms with Crippen LogP contribution in [-0.4, -0.2) is 15.4 Å². The standard InChI is InChI=1S/C12H17ClN4/c13-11-12(15)17(7-6-16-11)10(14)8-9-4-2-1-3-5-9/h6-7,9,14-15H,1-5,8H2. The molecule has 1 saturated carbocycles. The average Bonchev–Trinajstić information content (AvgIpc) is 2.34. The molecule has 92 valence electrons. The second-order valence-corrected chi connectivity index (χ2v) is 4.95. The molecule has 0 unspecified atom stereocenters. The van der Waals surface area contributed by atoms with Gasteiger partial charge in [-0.1, -0.05) is 43.7 Å². The fourth-order valence-corrected chi connectivity index (χ4v) is 2.54. The Morgan fingerprint density at radius 2 is 2.12 bits per heavy atom. The van der Waals surface area contributed by atoms with E-state index in [9.17, 15) is 0 Å². The molecule has 17 heavy (non-hydrogen) atoms. The normalized spacial score (nSPS) is 17.0. The van der Waals surface area contributed by atoms with E-state index >= 15 is 0 Å². The summed E-state index contributed by atoms with van der Waals surface area (Å²) in [4.78, 5) is 3.83. The number of nitrogens with zero attached hydrogens (tertiary/aromatic N) is 2. The fraction of sp³-hybridized carbons (Fsp3) is 0.583. The van der Waals surface area contributed by atoms with Crippen LogP contribution in [0.4, 0.5) is 0 Å². The SMILES string of the molecule is N=C(CC1CCCCC1)n1ccnc(Cl)c1=N. The smallest absolute Gasteiger partial charge is 0.171 e. The summed E-state index contributed by atoms with van der Waals surface area (Å²) in [5.74, 6) is 1.04. The molecule has 0 saturated heterocycles. The summed E-state index contributed by atoms with van der Waals surface area (Å²) in [6, 6.07) is 0. The monoisotopic (exact) mass is 252 g/mol. The van der Waals surface area contributed by atoms with E-state index in [0.29, 0.717) is 11.8 Å². The van der Waals surface area contributed by atoms with Crippen LogP contribution in [0.2, 0.25) is 5.15 Å². The summed E-state index contributed by atoms with van der Waals surface area (Å²) in [6.45, 7) is 0. The maximum absolute atomic E-state index is 8.06. The zero-order valence-electron chi connectivity index (χ0n) is 9.75. The lowest BCUT2D eigenvalue weighted by Crippen LogP contribution is -2.29. The van der Waals surface area contributed by atoms with E-state index in [1.54, 1.807) is 6.20 Å². The molecule has 2 rings (SSSR count). The maximum atomic E-state index is 8.06. The van der Waals surface area contributed by atoms with Crippen molar-refractivity contribution in [1.29, 1.82) is 10.8 Å². The molecule has 0 amide bonds. The molecule has 1 aromatic heterocycles. The Labute approximate surface area is 106 Å². The van der Waals surface area contributed by atoms with Crippen molar-refractivity contribution < 1.29 is 0 Å². The summed E-state index contributed by atoms with van der Waals surface area (Å²) < 4.78 is 1.52. The third-order valence-electron chi connectivity index (χ3n) is 3.34. The molecule has 4 nitrogen and oxygen atoms in total. The average molecular weight is 253 g/mol. The number of hydrogen-bond donors (Lipinski definition) is 2. The van der Waals surface area contributed by atoms with Gasteiger partial charge in [0.05, 0.1) is 0 Å². The van der Waals surface area contributed by atoms with Gasteiger partial charge in [-0.15, -0.1) is 0 Å². The Morgan fingerprint density at radius 1 is 1.41 bits per heavy atom. The molecular formula is C12H17ClN4. The van der Waals surface area contributed by atoms with Crippen LogP contribution in [0.1, 0.15) is 38.5 Å². The molecule has 0 bridgehead atoms. The van der Waals surface area contributed by atoms with Crippen LogP contribution >= 0.6 is 11.6 Å². The van der Waals surface area contributed by atoms with Crippen LogP contribution in [-0.2, 0) is 0 Å². The summed E-state index contributed by atoms with van der Waals surface area (Å²) in [5, 5.41) is 16.0. The lowest BCUT2D eigenvalue weighted by atomic mass is 9.86. The lowest BCUT2D eigenvalue weighted by molar-refractivity contribution is 0.365. The van der Waals surface area contributed by atoms with Crippen molar-refractivity contribution in [3.05, 3.63) is 23.0 Å². The molecule has 1 aliphatic rings. The summed E-state index contributed by atoms with van der Waals surface area (Å²) in [6.07, 6.45) is 10.2. The Morgan fingerprint density at radius 3 is 2.82 bits per heavy atom. The Balaban J connectivity index is 2.09. The van der Waals surface area contributed by atoms with Gasteiger partial charge in [-0.25, -0.2) is 4.98 Å². The van der Waals surface area contributed by atoms with Crippen molar-refractivity contribution in [2.45, 2.75) is 38.5 Å². The molecule has 1 fully saturated rings. The molecule has 1 aromatic rings. The van der Waals surface area contributed by atoms with Crippen LogP contribution in [0.5, 0.6) is 0 Å². The van der Waals surface area contributed by atoms with Crippen molar-refractivity contribution in [3.63, 3.8) is 0 Å². The molecule has 0 aromatic carbocycles. The number of hydrogen-bond acceptors (Lipinski definition) is 3. The summed E-state index contributed by atoms with van der Waals surface area (Å²) >= 11 is 5.78. The van der Waals surface area contributed by atoms with Crippen molar-refractivity contribution >= 4 is 17.4 Å². The quantitative estimate of drug-likeness (QED) is 0.617. The summed E-state index contributed by atoms with van der Waals surface area (Å²) in [5.41, 5.74) is 0.106. The van der Waals surface area contributed by atoms with E-state index in [4.69, 9.17) is 22.4 Å². The highest BCUT2D eigenvalue weighted by Crippen LogP contribution is 2.26. The molecule has 5 heteroatoms. The Bertz CT molecular complexity index is 460. The van der Waals surface area contributed by atoms with Gasteiger partial charge in [-0.2, -0.15) is 0 Å². The van der Waals surface area contributed by atoms with Gasteiger partial charge in [0.25, 0.3) is 0 Å². The van der Waals surface area contributed by atoms with Crippen LogP contribution in [0.25, 0.3) is 0 Å². The molecule has 0 spiro atoms. The van der Waals surface area contributed by atoms with Crippen molar-refractivity contribution in [2.24, 2.45) is 5.92 Å². The zero-order valence-corrected chi connectivity index (χ0v) is 10.5. The van der Waals surface area contributed by atoms with E-state index in [-0.39, 0.29) is 10.6 Å². The molecule has 0 atom stereocenters. The molecule has 1 aliphatic carbocycles. The molecular weight excluding hydrogens is 236 g/mol. The fourth-order valence-electron chi connectivity index (χ4n) is 2.39. The predicted molar refractivity (Wildman–Crippen MR) is 67.4 cm³/mol. The van der Waals surface area contributed by atoms with Crippen molar-refractivity contribution in [1.82, 2.24) is 9.55 Å². The first kappa shape index (κ1) is 12.3. The minimum absolute atomic E-state index is 0.106. The minimum atomic E-state index is 0.106. The van der Waals surface area contributed by atoms with Crippen LogP contribution in [0.3, 0.4) is 0 Å². The second-order valence-electron chi connectivity index (χ2n) is 4.59. The summed E-state index contributed by atoms with van der Waals surface area (Å²) in [7, 11) is 0. The van der Waals surface area contributed by atoms with E-state index in [2.05, 4.69) is 4.98 Å². The zero-order chi connectivity index (χ0) is 12.3. The lowest BCUT2D eigenvalue weighted by Gasteiger charge is -2.22. The van der Waals surface area contributed by atoms with Crippen molar-refractivity contribution in [2.75, 3.05) is 0 Å². The van der Waals surface area contributed by atoms with E-state index < -0.39 is 0 Å². The first-order chi connectivity index (χ1) is 8.18. The number of halogens is 1. The number of aromatic nitrogens is 2. The molecule has 1 heterocycles. The number of nitrogens with one attached hydrogen (secondary N) is 2. The minimum Gasteiger partial charge on any atom is -0.288 e. The third-order valence-corrected chi connectivity index (χ3v) is 3.61. The molecule has 0 radical (unpaired) electrons. The van der Waals surface area contributed by atoms with Crippen LogP contribution in [0, 0.1) is 16.7 Å². The van der Waals surface area contributed by atoms with Gasteiger partial charge in [-0.05, 0) is 5.92 Å². The van der Waals surface area contributed by atoms with Gasteiger partial charge in [0.1, 0.15) is 5.84 Å². The van der Waals surface area contributed by atoms with Crippen LogP contribution < -0.4 is 5.49 Å². The van der Waals surface area contributed by atoms with Gasteiger partial charge in [-0.3, -0.25) is 15.4 Å². The van der Waals surface area contributed by atoms with Crippen molar-refractivity contribution in [3.8, 4) is 0 Å². The van der Waals surface area contributed by atoms with Gasteiger partial charge in [0, 0.05) is 18.8 Å². The van der Waals surface area contributed by atoms with Gasteiger partial charge >= 0.3 is 0 Å². The Hall–Kier alpha value is -1.16. The van der Waals surface area contributed by atoms with E-state index in [1.165, 1.54) is 42.9 Å². The van der Waals surface area contributed by atoms with Gasteiger partial charge < -0.3 is 0 Å². The third kappa shape index (κ3) is 2.94. The largest absolute Gasteiger partial charge is 0.288 e. The van der Waals surface area contributed by atoms with Crippen LogP contribution in [0.15, 0.2) is 12.4 Å². The number of rotatable bonds is 2. The Kier molecular flexibility index (Phi) is 3.94. The van der Waals surface area contributed by atoms with Gasteiger partial charge in [0.2, 0.25) is 0 Å². The maximum Gasteiger partial charge on any atom is 0.171 e. The van der Waals surface area contributed by atoms with E-state index in [0.717, 1.165) is 6.42 Å². The topological polar surface area (TPSA) is 65.5 Å². The first-order valence-corrected chi connectivity index (χ1v) is 6.42. The molecule has 2 N–H and O–H groups in total.